The van der Waals surface area contributed by atoms with Crippen molar-refractivity contribution in [3.05, 3.63) is 59.7 Å². The van der Waals surface area contributed by atoms with Crippen LogP contribution in [-0.4, -0.2) is 41.8 Å². The van der Waals surface area contributed by atoms with Gasteiger partial charge in [-0.15, -0.1) is 0 Å². The van der Waals surface area contributed by atoms with Crippen LogP contribution in [-0.2, 0) is 14.3 Å². The summed E-state index contributed by atoms with van der Waals surface area (Å²) in [5.74, 6) is -1.75. The highest BCUT2D eigenvalue weighted by Crippen LogP contribution is 2.45. The minimum atomic E-state index is -0.961. The fourth-order valence-electron chi connectivity index (χ4n) is 4.63. The van der Waals surface area contributed by atoms with Crippen LogP contribution in [0, 0.1) is 11.8 Å². The van der Waals surface area contributed by atoms with Crippen molar-refractivity contribution in [2.24, 2.45) is 11.8 Å². The molecule has 0 radical (unpaired) electrons. The molecule has 3 N–H and O–H groups in total. The van der Waals surface area contributed by atoms with Crippen LogP contribution in [0.4, 0.5) is 4.79 Å². The Morgan fingerprint density at radius 2 is 1.64 bits per heavy atom. The standard InChI is InChI=1S/C26H30N2O5/c1-16(24(30)31)14-27-23(29)13-26(2,17-11-12-17)28-25(32)33-15-22-20-9-5-3-7-18(20)19-8-4-6-10-21(19)22/h3-10,16-17,22H,11-15H2,1-2H3,(H,27,29)(H,28,32)(H,30,31). The Morgan fingerprint density at radius 3 is 2.18 bits per heavy atom. The van der Waals surface area contributed by atoms with E-state index >= 15 is 0 Å². The summed E-state index contributed by atoms with van der Waals surface area (Å²) in [5, 5.41) is 14.6. The van der Waals surface area contributed by atoms with Crippen LogP contribution in [0.2, 0.25) is 0 Å². The summed E-state index contributed by atoms with van der Waals surface area (Å²) < 4.78 is 5.67. The molecule has 0 bridgehead atoms. The summed E-state index contributed by atoms with van der Waals surface area (Å²) in [5.41, 5.74) is 3.88. The molecule has 0 aromatic heterocycles. The van der Waals surface area contributed by atoms with Gasteiger partial charge in [-0.1, -0.05) is 55.5 Å². The van der Waals surface area contributed by atoms with Crippen molar-refractivity contribution >= 4 is 18.0 Å². The molecule has 2 aromatic carbocycles. The lowest BCUT2D eigenvalue weighted by Gasteiger charge is -2.30. The maximum absolute atomic E-state index is 12.8. The molecule has 1 fully saturated rings. The predicted molar refractivity (Wildman–Crippen MR) is 124 cm³/mol. The number of hydrogen-bond acceptors (Lipinski definition) is 4. The number of hydrogen-bond donors (Lipinski definition) is 3. The molecule has 0 aliphatic heterocycles. The molecule has 2 unspecified atom stereocenters. The number of carboxylic acid groups (broad SMARTS) is 1. The van der Waals surface area contributed by atoms with Gasteiger partial charge in [0.15, 0.2) is 0 Å². The van der Waals surface area contributed by atoms with Crippen molar-refractivity contribution in [2.75, 3.05) is 13.2 Å². The molecule has 0 spiro atoms. The largest absolute Gasteiger partial charge is 0.481 e. The second-order valence-corrected chi connectivity index (χ2v) is 9.36. The normalized spacial score (nSPS) is 17.3. The van der Waals surface area contributed by atoms with E-state index in [-0.39, 0.29) is 37.3 Å². The first-order valence-electron chi connectivity index (χ1n) is 11.4. The van der Waals surface area contributed by atoms with E-state index in [4.69, 9.17) is 9.84 Å². The van der Waals surface area contributed by atoms with Crippen LogP contribution >= 0.6 is 0 Å². The highest BCUT2D eigenvalue weighted by atomic mass is 16.5. The number of carboxylic acids is 1. The number of nitrogens with one attached hydrogen (secondary N) is 2. The van der Waals surface area contributed by atoms with Gasteiger partial charge in [0.25, 0.3) is 0 Å². The maximum atomic E-state index is 12.8. The van der Waals surface area contributed by atoms with Crippen molar-refractivity contribution in [3.8, 4) is 11.1 Å². The Labute approximate surface area is 193 Å². The lowest BCUT2D eigenvalue weighted by molar-refractivity contribution is -0.141. The van der Waals surface area contributed by atoms with Crippen molar-refractivity contribution in [2.45, 2.75) is 44.6 Å². The van der Waals surface area contributed by atoms with Crippen LogP contribution in [0.3, 0.4) is 0 Å². The molecule has 2 aliphatic rings. The van der Waals surface area contributed by atoms with Gasteiger partial charge in [-0.2, -0.15) is 0 Å². The Kier molecular flexibility index (Phi) is 6.40. The minimum Gasteiger partial charge on any atom is -0.481 e. The molecule has 0 heterocycles. The van der Waals surface area contributed by atoms with Crippen LogP contribution < -0.4 is 10.6 Å². The molecule has 0 saturated heterocycles. The first-order valence-corrected chi connectivity index (χ1v) is 11.4. The van der Waals surface area contributed by atoms with Crippen LogP contribution in [0.15, 0.2) is 48.5 Å². The van der Waals surface area contributed by atoms with Crippen molar-refractivity contribution in [1.29, 1.82) is 0 Å². The molecule has 2 amide bonds. The number of carbonyl (C=O) groups excluding carboxylic acids is 2. The van der Waals surface area contributed by atoms with E-state index in [0.717, 1.165) is 35.1 Å². The van der Waals surface area contributed by atoms with E-state index < -0.39 is 23.5 Å². The first kappa shape index (κ1) is 22.8. The molecule has 33 heavy (non-hydrogen) atoms. The quantitative estimate of drug-likeness (QED) is 0.537. The number of alkyl carbamates (subject to hydrolysis) is 1. The molecule has 2 aliphatic carbocycles. The number of carbonyl (C=O) groups is 3. The molecular formula is C26H30N2O5. The number of ether oxygens (including phenoxy) is 1. The van der Waals surface area contributed by atoms with Crippen molar-refractivity contribution in [1.82, 2.24) is 10.6 Å². The Hall–Kier alpha value is -3.35. The number of rotatable bonds is 9. The average molecular weight is 451 g/mol. The van der Waals surface area contributed by atoms with Gasteiger partial charge in [0.2, 0.25) is 5.91 Å². The van der Waals surface area contributed by atoms with E-state index in [0.29, 0.717) is 0 Å². The zero-order valence-electron chi connectivity index (χ0n) is 19.0. The molecule has 174 valence electrons. The third-order valence-electron chi connectivity index (χ3n) is 6.76. The van der Waals surface area contributed by atoms with Crippen LogP contribution in [0.25, 0.3) is 11.1 Å². The van der Waals surface area contributed by atoms with Crippen molar-refractivity contribution < 1.29 is 24.2 Å². The number of aliphatic carboxylic acids is 1. The van der Waals surface area contributed by atoms with Gasteiger partial charge in [0, 0.05) is 18.9 Å². The van der Waals surface area contributed by atoms with Crippen LogP contribution in [0.5, 0.6) is 0 Å². The Bertz CT molecular complexity index is 1020. The lowest BCUT2D eigenvalue weighted by atomic mass is 9.91. The molecule has 4 rings (SSSR count). The van der Waals surface area contributed by atoms with Crippen LogP contribution in [0.1, 0.15) is 50.2 Å². The predicted octanol–water partition coefficient (Wildman–Crippen LogP) is 3.92. The molecule has 1 saturated carbocycles. The molecule has 2 aromatic rings. The summed E-state index contributed by atoms with van der Waals surface area (Å²) >= 11 is 0. The Balaban J connectivity index is 1.37. The average Bonchev–Trinajstić information content (AvgIpc) is 3.60. The number of benzene rings is 2. The van der Waals surface area contributed by atoms with E-state index in [1.807, 2.05) is 31.2 Å². The SMILES string of the molecule is CC(CNC(=O)CC(C)(NC(=O)OCC1c2ccccc2-c2ccccc21)C1CC1)C(=O)O. The highest BCUT2D eigenvalue weighted by molar-refractivity contribution is 5.80. The fourth-order valence-corrected chi connectivity index (χ4v) is 4.63. The molecular weight excluding hydrogens is 420 g/mol. The number of fused-ring (bicyclic) bond motifs is 3. The summed E-state index contributed by atoms with van der Waals surface area (Å²) in [6.07, 6.45) is 1.39. The van der Waals surface area contributed by atoms with Crippen molar-refractivity contribution in [3.63, 3.8) is 0 Å². The van der Waals surface area contributed by atoms with E-state index in [1.54, 1.807) is 0 Å². The third kappa shape index (κ3) is 5.02. The first-order chi connectivity index (χ1) is 15.8. The minimum absolute atomic E-state index is 0.0314. The maximum Gasteiger partial charge on any atom is 0.407 e. The topological polar surface area (TPSA) is 105 Å². The van der Waals surface area contributed by atoms with Gasteiger partial charge in [-0.05, 0) is 47.9 Å². The van der Waals surface area contributed by atoms with E-state index in [2.05, 4.69) is 34.9 Å². The zero-order chi connectivity index (χ0) is 23.6. The summed E-state index contributed by atoms with van der Waals surface area (Å²) in [6, 6.07) is 16.3. The monoisotopic (exact) mass is 450 g/mol. The van der Waals surface area contributed by atoms with E-state index in [1.165, 1.54) is 6.92 Å². The van der Waals surface area contributed by atoms with Gasteiger partial charge in [-0.3, -0.25) is 9.59 Å². The number of amides is 2. The van der Waals surface area contributed by atoms with E-state index in [9.17, 15) is 14.4 Å². The highest BCUT2D eigenvalue weighted by Gasteiger charge is 2.44. The van der Waals surface area contributed by atoms with Gasteiger partial charge in [0.1, 0.15) is 6.61 Å². The molecule has 7 nitrogen and oxygen atoms in total. The summed E-state index contributed by atoms with van der Waals surface area (Å²) in [6.45, 7) is 3.66. The second-order valence-electron chi connectivity index (χ2n) is 9.36. The smallest absolute Gasteiger partial charge is 0.407 e. The van der Waals surface area contributed by atoms with Gasteiger partial charge < -0.3 is 20.5 Å². The molecule has 7 heteroatoms. The zero-order valence-corrected chi connectivity index (χ0v) is 19.0. The second kappa shape index (κ2) is 9.25. The van der Waals surface area contributed by atoms with Gasteiger partial charge in [0.05, 0.1) is 11.5 Å². The Morgan fingerprint density at radius 1 is 1.06 bits per heavy atom. The van der Waals surface area contributed by atoms with Gasteiger partial charge >= 0.3 is 12.1 Å². The molecule has 2 atom stereocenters. The van der Waals surface area contributed by atoms with Gasteiger partial charge in [-0.25, -0.2) is 4.79 Å². The summed E-state index contributed by atoms with van der Waals surface area (Å²) in [7, 11) is 0. The third-order valence-corrected chi connectivity index (χ3v) is 6.76. The lowest BCUT2D eigenvalue weighted by Crippen LogP contribution is -2.51. The summed E-state index contributed by atoms with van der Waals surface area (Å²) in [4.78, 5) is 36.2. The fraction of sp³-hybridized carbons (Fsp3) is 0.423.